The molecule has 0 bridgehead atoms. The van der Waals surface area contributed by atoms with Crippen LogP contribution in [0.25, 0.3) is 0 Å². The summed E-state index contributed by atoms with van der Waals surface area (Å²) in [6.45, 7) is 1.67. The number of aromatic hydroxyl groups is 1. The van der Waals surface area contributed by atoms with Crippen LogP contribution in [0.4, 0.5) is 0 Å². The van der Waals surface area contributed by atoms with Gasteiger partial charge in [-0.1, -0.05) is 17.7 Å². The summed E-state index contributed by atoms with van der Waals surface area (Å²) in [7, 11) is 1.53. The van der Waals surface area contributed by atoms with Crippen LogP contribution in [-0.2, 0) is 0 Å². The van der Waals surface area contributed by atoms with Crippen LogP contribution in [-0.4, -0.2) is 23.8 Å². The lowest BCUT2D eigenvalue weighted by atomic mass is 10.1. The second-order valence-electron chi connectivity index (χ2n) is 4.53. The zero-order chi connectivity index (χ0) is 16.1. The van der Waals surface area contributed by atoms with E-state index >= 15 is 0 Å². The maximum atomic E-state index is 12.0. The summed E-state index contributed by atoms with van der Waals surface area (Å²) in [5.41, 5.74) is 3.76. The topological polar surface area (TPSA) is 70.9 Å². The normalized spacial score (nSPS) is 11.1. The first-order valence-electron chi connectivity index (χ1n) is 6.49. The van der Waals surface area contributed by atoms with Crippen LogP contribution in [0, 0.1) is 0 Å². The van der Waals surface area contributed by atoms with Crippen molar-refractivity contribution >= 4 is 23.2 Å². The van der Waals surface area contributed by atoms with Crippen LogP contribution in [0.2, 0.25) is 5.02 Å². The van der Waals surface area contributed by atoms with E-state index in [0.29, 0.717) is 27.6 Å². The van der Waals surface area contributed by atoms with Gasteiger partial charge in [-0.2, -0.15) is 5.10 Å². The fourth-order valence-electron chi connectivity index (χ4n) is 1.82. The highest BCUT2D eigenvalue weighted by molar-refractivity contribution is 6.30. The summed E-state index contributed by atoms with van der Waals surface area (Å²) in [6, 6.07) is 11.3. The minimum atomic E-state index is -0.385. The summed E-state index contributed by atoms with van der Waals surface area (Å²) in [4.78, 5) is 12.0. The molecule has 0 atom stereocenters. The quantitative estimate of drug-likeness (QED) is 0.671. The van der Waals surface area contributed by atoms with Crippen molar-refractivity contribution in [1.29, 1.82) is 0 Å². The Hall–Kier alpha value is -2.53. The van der Waals surface area contributed by atoms with Gasteiger partial charge in [-0.15, -0.1) is 0 Å². The van der Waals surface area contributed by atoms with Crippen molar-refractivity contribution in [2.45, 2.75) is 6.92 Å². The third-order valence-corrected chi connectivity index (χ3v) is 3.24. The van der Waals surface area contributed by atoms with Gasteiger partial charge in [0.1, 0.15) is 11.5 Å². The summed E-state index contributed by atoms with van der Waals surface area (Å²) >= 11 is 5.84. The Morgan fingerprint density at radius 3 is 2.73 bits per heavy atom. The highest BCUT2D eigenvalue weighted by Crippen LogP contribution is 2.23. The predicted molar refractivity (Wildman–Crippen MR) is 85.8 cm³/mol. The van der Waals surface area contributed by atoms with Crippen LogP contribution < -0.4 is 10.2 Å². The molecule has 0 aliphatic heterocycles. The molecule has 6 heteroatoms. The minimum absolute atomic E-state index is 0.0547. The highest BCUT2D eigenvalue weighted by atomic mass is 35.5. The van der Waals surface area contributed by atoms with E-state index in [4.69, 9.17) is 16.3 Å². The lowest BCUT2D eigenvalue weighted by Crippen LogP contribution is -2.19. The average Bonchev–Trinajstić information content (AvgIpc) is 2.52. The van der Waals surface area contributed by atoms with E-state index in [-0.39, 0.29) is 11.7 Å². The van der Waals surface area contributed by atoms with E-state index in [1.165, 1.54) is 13.2 Å². The number of phenolic OH excluding ortho intramolecular Hbond substituents is 1. The number of hydrogen-bond donors (Lipinski definition) is 2. The van der Waals surface area contributed by atoms with E-state index in [0.717, 1.165) is 0 Å². The van der Waals surface area contributed by atoms with Crippen molar-refractivity contribution in [3.05, 3.63) is 58.6 Å². The molecule has 2 aromatic carbocycles. The molecule has 0 aliphatic carbocycles. The van der Waals surface area contributed by atoms with Gasteiger partial charge in [0, 0.05) is 16.1 Å². The molecule has 0 spiro atoms. The smallest absolute Gasteiger partial charge is 0.271 e. The first-order valence-corrected chi connectivity index (χ1v) is 6.86. The number of nitrogens with one attached hydrogen (secondary N) is 1. The van der Waals surface area contributed by atoms with Gasteiger partial charge in [0.2, 0.25) is 0 Å². The summed E-state index contributed by atoms with van der Waals surface area (Å²) in [5, 5.41) is 14.3. The van der Waals surface area contributed by atoms with Crippen molar-refractivity contribution in [1.82, 2.24) is 5.43 Å². The molecule has 2 rings (SSSR count). The molecular formula is C16H15ClN2O3. The predicted octanol–water partition coefficient (Wildman–Crippen LogP) is 3.21. The van der Waals surface area contributed by atoms with Gasteiger partial charge >= 0.3 is 0 Å². The molecule has 0 unspecified atom stereocenters. The number of rotatable bonds is 4. The second-order valence-corrected chi connectivity index (χ2v) is 4.97. The van der Waals surface area contributed by atoms with Crippen LogP contribution in [0.1, 0.15) is 22.8 Å². The molecule has 0 heterocycles. The van der Waals surface area contributed by atoms with Crippen LogP contribution in [0.5, 0.6) is 11.5 Å². The lowest BCUT2D eigenvalue weighted by Gasteiger charge is -2.07. The third kappa shape index (κ3) is 3.77. The van der Waals surface area contributed by atoms with Crippen molar-refractivity contribution < 1.29 is 14.6 Å². The molecule has 0 saturated heterocycles. The number of carbonyl (C=O) groups is 1. The van der Waals surface area contributed by atoms with E-state index in [2.05, 4.69) is 10.5 Å². The molecule has 0 saturated carbocycles. The van der Waals surface area contributed by atoms with Gasteiger partial charge in [0.25, 0.3) is 5.91 Å². The first-order chi connectivity index (χ1) is 10.5. The van der Waals surface area contributed by atoms with Gasteiger partial charge in [-0.3, -0.25) is 4.79 Å². The van der Waals surface area contributed by atoms with Crippen LogP contribution in [0.15, 0.2) is 47.6 Å². The molecule has 0 aromatic heterocycles. The molecule has 0 radical (unpaired) electrons. The number of halogens is 1. The minimum Gasteiger partial charge on any atom is -0.507 e. The molecule has 0 fully saturated rings. The zero-order valence-corrected chi connectivity index (χ0v) is 12.9. The monoisotopic (exact) mass is 318 g/mol. The Labute approximate surface area is 133 Å². The Morgan fingerprint density at radius 2 is 2.05 bits per heavy atom. The van der Waals surface area contributed by atoms with Crippen LogP contribution in [0.3, 0.4) is 0 Å². The summed E-state index contributed by atoms with van der Waals surface area (Å²) < 4.78 is 5.10. The van der Waals surface area contributed by atoms with Gasteiger partial charge in [-0.05, 0) is 43.3 Å². The van der Waals surface area contributed by atoms with Crippen molar-refractivity contribution in [2.24, 2.45) is 5.10 Å². The number of hydrazone groups is 1. The molecule has 114 valence electrons. The van der Waals surface area contributed by atoms with Gasteiger partial charge < -0.3 is 9.84 Å². The molecule has 2 aromatic rings. The number of hydrogen-bond acceptors (Lipinski definition) is 4. The van der Waals surface area contributed by atoms with Gasteiger partial charge in [-0.25, -0.2) is 5.43 Å². The molecule has 2 N–H and O–H groups in total. The number of nitrogens with zero attached hydrogens (tertiary/aromatic N) is 1. The molecule has 0 aliphatic rings. The van der Waals surface area contributed by atoms with E-state index in [1.54, 1.807) is 43.3 Å². The number of phenols is 1. The van der Waals surface area contributed by atoms with Crippen LogP contribution >= 0.6 is 11.6 Å². The van der Waals surface area contributed by atoms with Gasteiger partial charge in [0.15, 0.2) is 0 Å². The Kier molecular flexibility index (Phi) is 5.01. The number of methoxy groups -OCH3 is 1. The third-order valence-electron chi connectivity index (χ3n) is 3.01. The Balaban J connectivity index is 2.17. The first kappa shape index (κ1) is 15.9. The average molecular weight is 319 g/mol. The fraction of sp³-hybridized carbons (Fsp3) is 0.125. The molecular weight excluding hydrogens is 304 g/mol. The maximum absolute atomic E-state index is 12.0. The van der Waals surface area contributed by atoms with Crippen molar-refractivity contribution in [3.63, 3.8) is 0 Å². The van der Waals surface area contributed by atoms with E-state index in [9.17, 15) is 9.90 Å². The summed E-state index contributed by atoms with van der Waals surface area (Å²) in [6.07, 6.45) is 0. The Bertz CT molecular complexity index is 729. The number of amides is 1. The molecule has 1 amide bonds. The van der Waals surface area contributed by atoms with Crippen molar-refractivity contribution in [3.8, 4) is 11.5 Å². The summed E-state index contributed by atoms with van der Waals surface area (Å²) in [5.74, 6) is 0.256. The number of benzene rings is 2. The Morgan fingerprint density at radius 1 is 1.27 bits per heavy atom. The zero-order valence-electron chi connectivity index (χ0n) is 12.1. The highest BCUT2D eigenvalue weighted by Gasteiger charge is 2.09. The standard InChI is InChI=1S/C16H15ClN2O3/c1-10(14-9-13(22-2)6-7-15(14)20)18-19-16(21)11-4-3-5-12(17)8-11/h3-9,20H,1-2H3,(H,19,21). The van der Waals surface area contributed by atoms with E-state index in [1.807, 2.05) is 0 Å². The number of carbonyl (C=O) groups excluding carboxylic acids is 1. The molecule has 5 nitrogen and oxygen atoms in total. The lowest BCUT2D eigenvalue weighted by molar-refractivity contribution is 0.0955. The molecule has 22 heavy (non-hydrogen) atoms. The number of ether oxygens (including phenoxy) is 1. The van der Waals surface area contributed by atoms with Crippen molar-refractivity contribution in [2.75, 3.05) is 7.11 Å². The van der Waals surface area contributed by atoms with E-state index < -0.39 is 0 Å². The SMILES string of the molecule is COc1ccc(O)c(C(C)=NNC(=O)c2cccc(Cl)c2)c1. The largest absolute Gasteiger partial charge is 0.507 e. The maximum Gasteiger partial charge on any atom is 0.271 e. The second kappa shape index (κ2) is 6.95. The van der Waals surface area contributed by atoms with Gasteiger partial charge in [0.05, 0.1) is 12.8 Å². The fourth-order valence-corrected chi connectivity index (χ4v) is 2.01.